The van der Waals surface area contributed by atoms with Gasteiger partial charge in [0, 0.05) is 5.56 Å². The molecule has 0 unspecified atom stereocenters. The van der Waals surface area contributed by atoms with E-state index < -0.39 is 5.97 Å². The van der Waals surface area contributed by atoms with E-state index in [1.807, 2.05) is 36.4 Å². The van der Waals surface area contributed by atoms with Crippen molar-refractivity contribution in [3.8, 4) is 22.9 Å². The predicted molar refractivity (Wildman–Crippen MR) is 74.2 cm³/mol. The molecule has 0 amide bonds. The topological polar surface area (TPSA) is 70.3 Å². The van der Waals surface area contributed by atoms with E-state index in [4.69, 9.17) is 4.74 Å². The molecule has 0 heterocycles. The van der Waals surface area contributed by atoms with Gasteiger partial charge in [-0.05, 0) is 18.6 Å². The van der Waals surface area contributed by atoms with Gasteiger partial charge >= 0.3 is 5.97 Å². The summed E-state index contributed by atoms with van der Waals surface area (Å²) >= 11 is 0. The zero-order valence-electron chi connectivity index (χ0n) is 11.0. The Labute approximate surface area is 116 Å². The van der Waals surface area contributed by atoms with E-state index in [9.17, 15) is 15.2 Å². The third-order valence-corrected chi connectivity index (χ3v) is 2.87. The van der Waals surface area contributed by atoms with Gasteiger partial charge in [-0.2, -0.15) is 5.26 Å². The molecule has 0 bridgehead atoms. The largest absolute Gasteiger partial charge is 0.506 e. The Balaban J connectivity index is 2.56. The minimum absolute atomic E-state index is 0.00285. The first-order chi connectivity index (χ1) is 9.69. The van der Waals surface area contributed by atoms with Gasteiger partial charge in [0.2, 0.25) is 0 Å². The molecule has 0 aliphatic carbocycles. The summed E-state index contributed by atoms with van der Waals surface area (Å²) in [6.07, 6.45) is 0. The molecule has 0 saturated carbocycles. The average Bonchev–Trinajstić information content (AvgIpc) is 2.48. The first-order valence-corrected chi connectivity index (χ1v) is 6.17. The third kappa shape index (κ3) is 2.47. The number of carbonyl (C=O) groups excluding carboxylic acids is 1. The molecule has 4 heteroatoms. The molecule has 0 saturated heterocycles. The van der Waals surface area contributed by atoms with E-state index in [2.05, 4.69) is 0 Å². The lowest BCUT2D eigenvalue weighted by molar-refractivity contribution is 0.0523. The van der Waals surface area contributed by atoms with E-state index in [0.29, 0.717) is 5.56 Å². The van der Waals surface area contributed by atoms with Crippen molar-refractivity contribution in [3.05, 3.63) is 53.6 Å². The maximum absolute atomic E-state index is 11.7. The van der Waals surface area contributed by atoms with Gasteiger partial charge < -0.3 is 9.84 Å². The molecule has 20 heavy (non-hydrogen) atoms. The second-order valence-corrected chi connectivity index (χ2v) is 4.08. The maximum atomic E-state index is 11.7. The van der Waals surface area contributed by atoms with Crippen molar-refractivity contribution in [2.45, 2.75) is 6.92 Å². The lowest BCUT2D eigenvalue weighted by atomic mass is 9.97. The first-order valence-electron chi connectivity index (χ1n) is 6.17. The Bertz CT molecular complexity index is 672. The zero-order chi connectivity index (χ0) is 14.5. The van der Waals surface area contributed by atoms with Gasteiger partial charge in [-0.25, -0.2) is 4.79 Å². The SMILES string of the molecule is CCOC(=O)c1ccc(-c2ccccc2)c(C#N)c1O. The molecule has 2 aromatic carbocycles. The van der Waals surface area contributed by atoms with Crippen molar-refractivity contribution in [1.82, 2.24) is 0 Å². The molecule has 0 radical (unpaired) electrons. The quantitative estimate of drug-likeness (QED) is 0.867. The summed E-state index contributed by atoms with van der Waals surface area (Å²) in [5.74, 6) is -0.978. The van der Waals surface area contributed by atoms with Crippen LogP contribution in [0.1, 0.15) is 22.8 Å². The van der Waals surface area contributed by atoms with Crippen molar-refractivity contribution in [1.29, 1.82) is 5.26 Å². The average molecular weight is 267 g/mol. The molecular formula is C16H13NO3. The highest BCUT2D eigenvalue weighted by Gasteiger charge is 2.19. The van der Waals surface area contributed by atoms with Crippen LogP contribution in [0.2, 0.25) is 0 Å². The molecule has 0 spiro atoms. The van der Waals surface area contributed by atoms with Crippen LogP contribution >= 0.6 is 0 Å². The number of esters is 1. The Morgan fingerprint density at radius 1 is 1.25 bits per heavy atom. The lowest BCUT2D eigenvalue weighted by Gasteiger charge is -2.10. The van der Waals surface area contributed by atoms with Crippen LogP contribution in [-0.4, -0.2) is 17.7 Å². The Kier molecular flexibility index (Phi) is 4.02. The number of nitrogens with zero attached hydrogens (tertiary/aromatic N) is 1. The standard InChI is InChI=1S/C16H13NO3/c1-2-20-16(19)13-9-8-12(14(10-17)15(13)18)11-6-4-3-5-7-11/h3-9,18H,2H2,1H3. The third-order valence-electron chi connectivity index (χ3n) is 2.87. The molecule has 0 aliphatic rings. The van der Waals surface area contributed by atoms with Crippen LogP contribution in [0, 0.1) is 11.3 Å². The zero-order valence-corrected chi connectivity index (χ0v) is 11.0. The monoisotopic (exact) mass is 267 g/mol. The molecule has 100 valence electrons. The van der Waals surface area contributed by atoms with Gasteiger partial charge in [-0.1, -0.05) is 36.4 Å². The van der Waals surface area contributed by atoms with Crippen molar-refractivity contribution < 1.29 is 14.6 Å². The molecule has 4 nitrogen and oxygen atoms in total. The molecule has 0 aromatic heterocycles. The van der Waals surface area contributed by atoms with Crippen molar-refractivity contribution in [2.75, 3.05) is 6.61 Å². The summed E-state index contributed by atoms with van der Waals surface area (Å²) in [5, 5.41) is 19.3. The molecule has 0 fully saturated rings. The van der Waals surface area contributed by atoms with Crippen molar-refractivity contribution in [3.63, 3.8) is 0 Å². The highest BCUT2D eigenvalue weighted by molar-refractivity contribution is 5.95. The Morgan fingerprint density at radius 3 is 2.55 bits per heavy atom. The highest BCUT2D eigenvalue weighted by Crippen LogP contribution is 2.32. The van der Waals surface area contributed by atoms with Crippen LogP contribution in [0.3, 0.4) is 0 Å². The number of ether oxygens (including phenoxy) is 1. The van der Waals surface area contributed by atoms with Crippen LogP contribution in [0.15, 0.2) is 42.5 Å². The lowest BCUT2D eigenvalue weighted by Crippen LogP contribution is -2.06. The van der Waals surface area contributed by atoms with Crippen LogP contribution in [0.4, 0.5) is 0 Å². The fourth-order valence-corrected chi connectivity index (χ4v) is 1.94. The molecular weight excluding hydrogens is 254 g/mol. The maximum Gasteiger partial charge on any atom is 0.341 e. The number of rotatable bonds is 3. The number of hydrogen-bond acceptors (Lipinski definition) is 4. The van der Waals surface area contributed by atoms with Crippen LogP contribution in [-0.2, 0) is 4.74 Å². The van der Waals surface area contributed by atoms with Crippen molar-refractivity contribution in [2.24, 2.45) is 0 Å². The van der Waals surface area contributed by atoms with Gasteiger partial charge in [0.25, 0.3) is 0 Å². The van der Waals surface area contributed by atoms with Gasteiger partial charge in [0.15, 0.2) is 0 Å². The molecule has 2 aromatic rings. The number of nitriles is 1. The minimum Gasteiger partial charge on any atom is -0.506 e. The summed E-state index contributed by atoms with van der Waals surface area (Å²) in [5.41, 5.74) is 1.46. The summed E-state index contributed by atoms with van der Waals surface area (Å²) in [4.78, 5) is 11.7. The molecule has 2 rings (SSSR count). The predicted octanol–water partition coefficient (Wildman–Crippen LogP) is 3.11. The van der Waals surface area contributed by atoms with E-state index in [-0.39, 0.29) is 23.5 Å². The first kappa shape index (κ1) is 13.6. The fraction of sp³-hybridized carbons (Fsp3) is 0.125. The molecule has 0 aliphatic heterocycles. The number of aromatic hydroxyl groups is 1. The van der Waals surface area contributed by atoms with E-state index in [0.717, 1.165) is 5.56 Å². The van der Waals surface area contributed by atoms with E-state index in [1.54, 1.807) is 13.0 Å². The number of phenols is 1. The second-order valence-electron chi connectivity index (χ2n) is 4.08. The molecule has 0 atom stereocenters. The van der Waals surface area contributed by atoms with Crippen LogP contribution < -0.4 is 0 Å². The smallest absolute Gasteiger partial charge is 0.341 e. The Hall–Kier alpha value is -2.80. The van der Waals surface area contributed by atoms with Gasteiger partial charge in [0.1, 0.15) is 22.9 Å². The fourth-order valence-electron chi connectivity index (χ4n) is 1.94. The van der Waals surface area contributed by atoms with Crippen LogP contribution in [0.5, 0.6) is 5.75 Å². The van der Waals surface area contributed by atoms with Gasteiger partial charge in [-0.15, -0.1) is 0 Å². The van der Waals surface area contributed by atoms with Gasteiger partial charge in [0.05, 0.1) is 6.61 Å². The summed E-state index contributed by atoms with van der Waals surface area (Å²) in [6, 6.07) is 14.3. The van der Waals surface area contributed by atoms with Gasteiger partial charge in [-0.3, -0.25) is 0 Å². The number of phenolic OH excluding ortho intramolecular Hbond substituents is 1. The van der Waals surface area contributed by atoms with E-state index in [1.165, 1.54) is 6.07 Å². The normalized spacial score (nSPS) is 9.80. The molecule has 1 N–H and O–H groups in total. The van der Waals surface area contributed by atoms with Crippen molar-refractivity contribution >= 4 is 5.97 Å². The second kappa shape index (κ2) is 5.89. The summed E-state index contributed by atoms with van der Waals surface area (Å²) < 4.78 is 4.85. The minimum atomic E-state index is -0.638. The summed E-state index contributed by atoms with van der Waals surface area (Å²) in [6.45, 7) is 1.89. The van der Waals surface area contributed by atoms with Crippen LogP contribution in [0.25, 0.3) is 11.1 Å². The highest BCUT2D eigenvalue weighted by atomic mass is 16.5. The number of hydrogen-bond donors (Lipinski definition) is 1. The Morgan fingerprint density at radius 2 is 1.95 bits per heavy atom. The number of benzene rings is 2. The summed E-state index contributed by atoms with van der Waals surface area (Å²) in [7, 11) is 0. The van der Waals surface area contributed by atoms with E-state index >= 15 is 0 Å². The number of carbonyl (C=O) groups is 1.